The lowest BCUT2D eigenvalue weighted by molar-refractivity contribution is -0.120. The van der Waals surface area contributed by atoms with E-state index in [0.29, 0.717) is 12.3 Å². The lowest BCUT2D eigenvalue weighted by atomic mass is 9.98. The van der Waals surface area contributed by atoms with Gasteiger partial charge in [0.05, 0.1) is 11.4 Å². The van der Waals surface area contributed by atoms with Crippen LogP contribution in [0.5, 0.6) is 5.75 Å². The van der Waals surface area contributed by atoms with Gasteiger partial charge in [-0.15, -0.1) is 0 Å². The molecular weight excluding hydrogens is 307 g/mol. The summed E-state index contributed by atoms with van der Waals surface area (Å²) in [5.74, 6) is -0.0966. The van der Waals surface area contributed by atoms with Gasteiger partial charge in [0.15, 0.2) is 6.61 Å². The van der Waals surface area contributed by atoms with Crippen LogP contribution in [-0.2, 0) is 11.2 Å². The largest absolute Gasteiger partial charge is 0.484 e. The first-order chi connectivity index (χ1) is 11.7. The van der Waals surface area contributed by atoms with Gasteiger partial charge in [0.2, 0.25) is 0 Å². The van der Waals surface area contributed by atoms with Crippen molar-refractivity contribution in [1.29, 1.82) is 0 Å². The van der Waals surface area contributed by atoms with Crippen molar-refractivity contribution >= 4 is 17.3 Å². The summed E-state index contributed by atoms with van der Waals surface area (Å²) >= 11 is 0. The van der Waals surface area contributed by atoms with Crippen LogP contribution in [0.3, 0.4) is 0 Å². The van der Waals surface area contributed by atoms with Gasteiger partial charge in [0.25, 0.3) is 5.91 Å². The molecule has 2 aliphatic heterocycles. The van der Waals surface area contributed by atoms with Crippen molar-refractivity contribution in [1.82, 2.24) is 0 Å². The quantitative estimate of drug-likeness (QED) is 0.869. The van der Waals surface area contributed by atoms with E-state index in [0.717, 1.165) is 31.6 Å². The van der Waals surface area contributed by atoms with Crippen LogP contribution in [0, 0.1) is 5.82 Å². The van der Waals surface area contributed by atoms with E-state index in [9.17, 15) is 9.18 Å². The molecule has 4 rings (SSSR count). The van der Waals surface area contributed by atoms with Crippen molar-refractivity contribution in [3.05, 3.63) is 53.8 Å². The number of aryl methyl sites for hydroxylation is 1. The Kier molecular flexibility index (Phi) is 3.84. The molecule has 1 amide bonds. The first kappa shape index (κ1) is 15.0. The zero-order valence-corrected chi connectivity index (χ0v) is 13.4. The van der Waals surface area contributed by atoms with Crippen LogP contribution in [0.15, 0.2) is 42.5 Å². The van der Waals surface area contributed by atoms with Gasteiger partial charge in [0.1, 0.15) is 11.6 Å². The summed E-state index contributed by atoms with van der Waals surface area (Å²) in [5.41, 5.74) is 3.46. The number of carbonyl (C=O) groups is 1. The van der Waals surface area contributed by atoms with Crippen LogP contribution in [0.2, 0.25) is 0 Å². The first-order valence-electron chi connectivity index (χ1n) is 8.28. The smallest absolute Gasteiger partial charge is 0.265 e. The number of benzene rings is 2. The predicted octanol–water partition coefficient (Wildman–Crippen LogP) is 3.00. The third kappa shape index (κ3) is 2.70. The Morgan fingerprint density at radius 3 is 2.88 bits per heavy atom. The highest BCUT2D eigenvalue weighted by Gasteiger charge is 2.30. The molecule has 5 heteroatoms. The first-order valence-corrected chi connectivity index (χ1v) is 8.28. The average molecular weight is 326 g/mol. The summed E-state index contributed by atoms with van der Waals surface area (Å²) in [6.07, 6.45) is 2.22. The minimum Gasteiger partial charge on any atom is -0.484 e. The third-order valence-corrected chi connectivity index (χ3v) is 4.63. The van der Waals surface area contributed by atoms with Crippen molar-refractivity contribution in [2.45, 2.75) is 12.8 Å². The molecule has 0 fully saturated rings. The fourth-order valence-corrected chi connectivity index (χ4v) is 3.54. The summed E-state index contributed by atoms with van der Waals surface area (Å²) in [6.45, 7) is 2.45. The lowest BCUT2D eigenvalue weighted by Gasteiger charge is -2.41. The summed E-state index contributed by atoms with van der Waals surface area (Å²) in [7, 11) is 0. The number of nitrogens with zero attached hydrogens (tertiary/aromatic N) is 2. The second-order valence-electron chi connectivity index (χ2n) is 6.17. The number of hydrogen-bond donors (Lipinski definition) is 0. The SMILES string of the molecule is O=C(COc1cccc(F)c1)N1CCN2CCCc3cccc1c32. The maximum absolute atomic E-state index is 13.2. The van der Waals surface area contributed by atoms with Crippen molar-refractivity contribution in [2.75, 3.05) is 36.0 Å². The van der Waals surface area contributed by atoms with Crippen molar-refractivity contribution in [2.24, 2.45) is 0 Å². The fourth-order valence-electron chi connectivity index (χ4n) is 3.54. The molecule has 0 spiro atoms. The summed E-state index contributed by atoms with van der Waals surface area (Å²) < 4.78 is 18.7. The second-order valence-corrected chi connectivity index (χ2v) is 6.17. The highest BCUT2D eigenvalue weighted by Crippen LogP contribution is 2.39. The topological polar surface area (TPSA) is 32.8 Å². The van der Waals surface area contributed by atoms with E-state index >= 15 is 0 Å². The molecule has 24 heavy (non-hydrogen) atoms. The molecule has 2 heterocycles. The zero-order chi connectivity index (χ0) is 16.5. The van der Waals surface area contributed by atoms with Gasteiger partial charge >= 0.3 is 0 Å². The normalized spacial score (nSPS) is 15.9. The van der Waals surface area contributed by atoms with Gasteiger partial charge < -0.3 is 14.5 Å². The molecular formula is C19H19FN2O2. The average Bonchev–Trinajstić information content (AvgIpc) is 2.61. The van der Waals surface area contributed by atoms with Crippen LogP contribution < -0.4 is 14.5 Å². The number of ether oxygens (including phenoxy) is 1. The maximum atomic E-state index is 13.2. The van der Waals surface area contributed by atoms with Gasteiger partial charge in [-0.05, 0) is 36.6 Å². The van der Waals surface area contributed by atoms with Crippen LogP contribution in [0.25, 0.3) is 0 Å². The van der Waals surface area contributed by atoms with Gasteiger partial charge in [-0.25, -0.2) is 4.39 Å². The standard InChI is InChI=1S/C19H19FN2O2/c20-15-6-2-7-16(12-15)24-13-18(23)22-11-10-21-9-3-5-14-4-1-8-17(22)19(14)21/h1-2,4,6-8,12H,3,5,9-11,13H2. The molecule has 0 N–H and O–H groups in total. The number of hydrogen-bond acceptors (Lipinski definition) is 3. The molecule has 2 aromatic carbocycles. The second kappa shape index (κ2) is 6.15. The third-order valence-electron chi connectivity index (χ3n) is 4.63. The van der Waals surface area contributed by atoms with E-state index in [4.69, 9.17) is 4.74 Å². The number of para-hydroxylation sites is 1. The molecule has 124 valence electrons. The Bertz CT molecular complexity index is 778. The Labute approximate surface area is 140 Å². The molecule has 0 unspecified atom stereocenters. The fraction of sp³-hybridized carbons (Fsp3) is 0.316. The zero-order valence-electron chi connectivity index (χ0n) is 13.4. The number of rotatable bonds is 3. The summed E-state index contributed by atoms with van der Waals surface area (Å²) in [4.78, 5) is 16.8. The molecule has 2 aromatic rings. The number of halogens is 1. The summed E-state index contributed by atoms with van der Waals surface area (Å²) in [5, 5.41) is 0. The van der Waals surface area contributed by atoms with Crippen LogP contribution >= 0.6 is 0 Å². The lowest BCUT2D eigenvalue weighted by Crippen LogP contribution is -2.47. The molecule has 0 aliphatic carbocycles. The van der Waals surface area contributed by atoms with E-state index in [-0.39, 0.29) is 18.3 Å². The van der Waals surface area contributed by atoms with E-state index in [2.05, 4.69) is 11.0 Å². The van der Waals surface area contributed by atoms with Crippen molar-refractivity contribution in [3.63, 3.8) is 0 Å². The molecule has 0 saturated carbocycles. The van der Waals surface area contributed by atoms with Crippen LogP contribution in [0.1, 0.15) is 12.0 Å². The maximum Gasteiger partial charge on any atom is 0.265 e. The van der Waals surface area contributed by atoms with Gasteiger partial charge in [-0.3, -0.25) is 4.79 Å². The van der Waals surface area contributed by atoms with Crippen molar-refractivity contribution in [3.8, 4) is 5.75 Å². The number of amides is 1. The molecule has 0 radical (unpaired) electrons. The molecule has 0 atom stereocenters. The van der Waals surface area contributed by atoms with E-state index in [1.54, 1.807) is 17.0 Å². The Morgan fingerprint density at radius 1 is 1.12 bits per heavy atom. The molecule has 0 saturated heterocycles. The predicted molar refractivity (Wildman–Crippen MR) is 91.2 cm³/mol. The number of carbonyl (C=O) groups excluding carboxylic acids is 1. The minimum atomic E-state index is -0.370. The molecule has 0 bridgehead atoms. The van der Waals surface area contributed by atoms with Crippen LogP contribution in [-0.4, -0.2) is 32.1 Å². The summed E-state index contributed by atoms with van der Waals surface area (Å²) in [6, 6.07) is 12.0. The minimum absolute atomic E-state index is 0.0902. The molecule has 4 nitrogen and oxygen atoms in total. The monoisotopic (exact) mass is 326 g/mol. The van der Waals surface area contributed by atoms with Gasteiger partial charge in [-0.1, -0.05) is 18.2 Å². The molecule has 0 aromatic heterocycles. The van der Waals surface area contributed by atoms with Crippen molar-refractivity contribution < 1.29 is 13.9 Å². The Hall–Kier alpha value is -2.56. The van der Waals surface area contributed by atoms with E-state index in [1.165, 1.54) is 23.4 Å². The Balaban J connectivity index is 1.53. The van der Waals surface area contributed by atoms with Gasteiger partial charge in [-0.2, -0.15) is 0 Å². The van der Waals surface area contributed by atoms with E-state index < -0.39 is 0 Å². The van der Waals surface area contributed by atoms with E-state index in [1.807, 2.05) is 12.1 Å². The van der Waals surface area contributed by atoms with Crippen LogP contribution in [0.4, 0.5) is 15.8 Å². The van der Waals surface area contributed by atoms with Gasteiger partial charge in [0, 0.05) is 25.7 Å². The highest BCUT2D eigenvalue weighted by molar-refractivity contribution is 5.99. The Morgan fingerprint density at radius 2 is 2.00 bits per heavy atom. The molecule has 2 aliphatic rings. The number of anilines is 2. The highest BCUT2D eigenvalue weighted by atomic mass is 19.1.